The fraction of sp³-hybridized carbons (Fsp3) is 0.158. The van der Waals surface area contributed by atoms with Crippen molar-refractivity contribution in [1.82, 2.24) is 4.98 Å². The summed E-state index contributed by atoms with van der Waals surface area (Å²) >= 11 is 1.27. The van der Waals surface area contributed by atoms with Gasteiger partial charge < -0.3 is 5.32 Å². The van der Waals surface area contributed by atoms with Crippen molar-refractivity contribution >= 4 is 32.2 Å². The fourth-order valence-corrected chi connectivity index (χ4v) is 4.43. The third-order valence-corrected chi connectivity index (χ3v) is 5.91. The minimum absolute atomic E-state index is 0.159. The second-order valence-electron chi connectivity index (χ2n) is 5.97. The number of hydrogen-bond acceptors (Lipinski definition) is 5. The maximum atomic E-state index is 12.2. The van der Waals surface area contributed by atoms with Crippen molar-refractivity contribution in [2.75, 3.05) is 11.1 Å². The molecule has 0 unspecified atom stereocenters. The molecule has 1 heterocycles. The van der Waals surface area contributed by atoms with Gasteiger partial charge in [-0.1, -0.05) is 60.2 Å². The van der Waals surface area contributed by atoms with Crippen LogP contribution < -0.4 is 5.32 Å². The monoisotopic (exact) mass is 386 g/mol. The average molecular weight is 386 g/mol. The van der Waals surface area contributed by atoms with Gasteiger partial charge in [-0.2, -0.15) is 0 Å². The van der Waals surface area contributed by atoms with Crippen LogP contribution in [0.4, 0.5) is 5.13 Å². The predicted molar refractivity (Wildman–Crippen MR) is 105 cm³/mol. The molecule has 7 heteroatoms. The fourth-order valence-electron chi connectivity index (χ4n) is 2.42. The van der Waals surface area contributed by atoms with Crippen molar-refractivity contribution in [3.05, 3.63) is 71.1 Å². The SMILES string of the molecule is Cc1ccc(-c2csc(NC(=O)CS(=O)(=O)Cc3ccccc3)n2)cc1. The molecular formula is C19H18N2O3S2. The maximum absolute atomic E-state index is 12.2. The number of anilines is 1. The van der Waals surface area contributed by atoms with Crippen LogP contribution in [0.15, 0.2) is 60.0 Å². The summed E-state index contributed by atoms with van der Waals surface area (Å²) in [6.45, 7) is 2.01. The summed E-state index contributed by atoms with van der Waals surface area (Å²) in [6, 6.07) is 16.7. The van der Waals surface area contributed by atoms with Gasteiger partial charge >= 0.3 is 0 Å². The molecule has 5 nitrogen and oxygen atoms in total. The van der Waals surface area contributed by atoms with E-state index in [1.165, 1.54) is 11.3 Å². The van der Waals surface area contributed by atoms with Gasteiger partial charge in [0.1, 0.15) is 5.75 Å². The lowest BCUT2D eigenvalue weighted by Crippen LogP contribution is -2.23. The average Bonchev–Trinajstić information content (AvgIpc) is 3.03. The minimum atomic E-state index is -3.54. The van der Waals surface area contributed by atoms with Crippen molar-refractivity contribution < 1.29 is 13.2 Å². The number of aromatic nitrogens is 1. The summed E-state index contributed by atoms with van der Waals surface area (Å²) in [5.74, 6) is -1.31. The van der Waals surface area contributed by atoms with Crippen LogP contribution in [-0.4, -0.2) is 25.1 Å². The predicted octanol–water partition coefficient (Wildman–Crippen LogP) is 3.67. The van der Waals surface area contributed by atoms with Gasteiger partial charge in [-0.25, -0.2) is 13.4 Å². The zero-order valence-electron chi connectivity index (χ0n) is 14.2. The van der Waals surface area contributed by atoms with E-state index < -0.39 is 21.5 Å². The Bertz CT molecular complexity index is 995. The highest BCUT2D eigenvalue weighted by atomic mass is 32.2. The molecule has 0 radical (unpaired) electrons. The summed E-state index contributed by atoms with van der Waals surface area (Å²) in [4.78, 5) is 16.4. The van der Waals surface area contributed by atoms with E-state index in [4.69, 9.17) is 0 Å². The van der Waals surface area contributed by atoms with Crippen LogP contribution in [0.1, 0.15) is 11.1 Å². The largest absolute Gasteiger partial charge is 0.301 e. The summed E-state index contributed by atoms with van der Waals surface area (Å²) in [6.07, 6.45) is 0. The van der Waals surface area contributed by atoms with Crippen LogP contribution in [-0.2, 0) is 20.4 Å². The Labute approximate surface area is 156 Å². The van der Waals surface area contributed by atoms with Gasteiger partial charge in [0.25, 0.3) is 0 Å². The molecule has 0 aliphatic rings. The first kappa shape index (κ1) is 18.3. The van der Waals surface area contributed by atoms with Crippen LogP contribution in [0, 0.1) is 6.92 Å². The third-order valence-electron chi connectivity index (χ3n) is 3.68. The number of carbonyl (C=O) groups excluding carboxylic acids is 1. The van der Waals surface area contributed by atoms with Crippen molar-refractivity contribution in [3.8, 4) is 11.3 Å². The topological polar surface area (TPSA) is 76.1 Å². The number of rotatable bonds is 6. The standard InChI is InChI=1S/C19H18N2O3S2/c1-14-7-9-16(10-8-14)17-11-25-19(20-17)21-18(22)13-26(23,24)12-15-5-3-2-4-6-15/h2-11H,12-13H2,1H3,(H,20,21,22). The molecule has 0 aliphatic carbocycles. The number of benzene rings is 2. The Morgan fingerprint density at radius 3 is 2.46 bits per heavy atom. The lowest BCUT2D eigenvalue weighted by molar-refractivity contribution is -0.113. The molecular weight excluding hydrogens is 368 g/mol. The number of amides is 1. The van der Waals surface area contributed by atoms with Gasteiger partial charge in [0.2, 0.25) is 5.91 Å². The van der Waals surface area contributed by atoms with Crippen LogP contribution >= 0.6 is 11.3 Å². The van der Waals surface area contributed by atoms with Gasteiger partial charge in [-0.15, -0.1) is 11.3 Å². The molecule has 0 atom stereocenters. The van der Waals surface area contributed by atoms with Gasteiger partial charge in [0.15, 0.2) is 15.0 Å². The van der Waals surface area contributed by atoms with Crippen LogP contribution in [0.25, 0.3) is 11.3 Å². The number of aryl methyl sites for hydroxylation is 1. The molecule has 0 aliphatic heterocycles. The smallest absolute Gasteiger partial charge is 0.241 e. The molecule has 1 aromatic heterocycles. The lowest BCUT2D eigenvalue weighted by Gasteiger charge is -2.04. The van der Waals surface area contributed by atoms with Crippen LogP contribution in [0.3, 0.4) is 0 Å². The van der Waals surface area contributed by atoms with Crippen molar-refractivity contribution in [1.29, 1.82) is 0 Å². The number of nitrogens with one attached hydrogen (secondary N) is 1. The first-order valence-electron chi connectivity index (χ1n) is 7.98. The van der Waals surface area contributed by atoms with Gasteiger partial charge in [0, 0.05) is 10.9 Å². The van der Waals surface area contributed by atoms with E-state index in [1.807, 2.05) is 42.6 Å². The number of hydrogen-bond donors (Lipinski definition) is 1. The molecule has 0 fully saturated rings. The number of sulfone groups is 1. The summed E-state index contributed by atoms with van der Waals surface area (Å²) in [5.41, 5.74) is 3.51. The number of carbonyl (C=O) groups is 1. The van der Waals surface area contributed by atoms with Crippen LogP contribution in [0.5, 0.6) is 0 Å². The molecule has 3 rings (SSSR count). The van der Waals surface area contributed by atoms with E-state index in [0.717, 1.165) is 16.8 Å². The van der Waals surface area contributed by atoms with Crippen molar-refractivity contribution in [3.63, 3.8) is 0 Å². The number of nitrogens with zero attached hydrogens (tertiary/aromatic N) is 1. The molecule has 3 aromatic rings. The molecule has 1 amide bonds. The Kier molecular flexibility index (Phi) is 5.49. The Morgan fingerprint density at radius 2 is 1.77 bits per heavy atom. The zero-order valence-corrected chi connectivity index (χ0v) is 15.8. The van der Waals surface area contributed by atoms with E-state index in [-0.39, 0.29) is 5.75 Å². The Balaban J connectivity index is 1.62. The molecule has 134 valence electrons. The minimum Gasteiger partial charge on any atom is -0.301 e. The molecule has 0 saturated heterocycles. The molecule has 1 N–H and O–H groups in total. The second kappa shape index (κ2) is 7.80. The molecule has 26 heavy (non-hydrogen) atoms. The maximum Gasteiger partial charge on any atom is 0.241 e. The van der Waals surface area contributed by atoms with Gasteiger partial charge in [-0.3, -0.25) is 4.79 Å². The highest BCUT2D eigenvalue weighted by Gasteiger charge is 2.18. The Hall–Kier alpha value is -2.51. The first-order valence-corrected chi connectivity index (χ1v) is 10.7. The first-order chi connectivity index (χ1) is 12.4. The van der Waals surface area contributed by atoms with Crippen molar-refractivity contribution in [2.24, 2.45) is 0 Å². The summed E-state index contributed by atoms with van der Waals surface area (Å²) in [7, 11) is -3.54. The normalized spacial score (nSPS) is 11.3. The van der Waals surface area contributed by atoms with Gasteiger partial charge in [-0.05, 0) is 12.5 Å². The number of thiazole rings is 1. The Morgan fingerprint density at radius 1 is 1.08 bits per heavy atom. The molecule has 0 bridgehead atoms. The summed E-state index contributed by atoms with van der Waals surface area (Å²) in [5, 5.41) is 4.80. The molecule has 2 aromatic carbocycles. The zero-order chi connectivity index (χ0) is 18.6. The highest BCUT2D eigenvalue weighted by molar-refractivity contribution is 7.91. The molecule has 0 saturated carbocycles. The second-order valence-corrected chi connectivity index (χ2v) is 8.89. The van der Waals surface area contributed by atoms with E-state index in [2.05, 4.69) is 10.3 Å². The third kappa shape index (κ3) is 5.00. The van der Waals surface area contributed by atoms with Crippen LogP contribution in [0.2, 0.25) is 0 Å². The lowest BCUT2D eigenvalue weighted by atomic mass is 10.1. The van der Waals surface area contributed by atoms with Gasteiger partial charge in [0.05, 0.1) is 11.4 Å². The highest BCUT2D eigenvalue weighted by Crippen LogP contribution is 2.25. The quantitative estimate of drug-likeness (QED) is 0.701. The molecule has 0 spiro atoms. The van der Waals surface area contributed by atoms with E-state index in [9.17, 15) is 13.2 Å². The summed E-state index contributed by atoms with van der Waals surface area (Å²) < 4.78 is 24.4. The van der Waals surface area contributed by atoms with E-state index in [0.29, 0.717) is 10.7 Å². The van der Waals surface area contributed by atoms with Crippen molar-refractivity contribution in [2.45, 2.75) is 12.7 Å². The van der Waals surface area contributed by atoms with E-state index in [1.54, 1.807) is 24.3 Å². The van der Waals surface area contributed by atoms with E-state index >= 15 is 0 Å².